The van der Waals surface area contributed by atoms with Gasteiger partial charge < -0.3 is 4.90 Å². The van der Waals surface area contributed by atoms with Gasteiger partial charge in [-0.05, 0) is 19.1 Å². The molecule has 0 amide bonds. The summed E-state index contributed by atoms with van der Waals surface area (Å²) in [5, 5.41) is 0. The van der Waals surface area contributed by atoms with Gasteiger partial charge in [-0.15, -0.1) is 0 Å². The summed E-state index contributed by atoms with van der Waals surface area (Å²) in [4.78, 5) is 6.81. The fourth-order valence-electron chi connectivity index (χ4n) is 2.33. The Hall–Kier alpha value is -2.55. The Labute approximate surface area is 125 Å². The number of benzene rings is 2. The zero-order chi connectivity index (χ0) is 14.8. The van der Waals surface area contributed by atoms with Crippen LogP contribution in [0.4, 0.5) is 5.95 Å². The van der Waals surface area contributed by atoms with Crippen molar-refractivity contribution in [3.05, 3.63) is 66.4 Å². The highest BCUT2D eigenvalue weighted by Crippen LogP contribution is 2.25. The summed E-state index contributed by atoms with van der Waals surface area (Å²) in [6.45, 7) is 2.09. The fraction of sp³-hybridized carbons (Fsp3) is 0.167. The quantitative estimate of drug-likeness (QED) is 0.723. The molecule has 0 fully saturated rings. The number of hydrogen-bond donors (Lipinski definition) is 0. The SMILES string of the molecule is Cc1ccc(-c2cn(-c3ccccc3)c(N(C)C)n2)cc1. The summed E-state index contributed by atoms with van der Waals surface area (Å²) in [7, 11) is 4.03. The maximum atomic E-state index is 4.77. The van der Waals surface area contributed by atoms with Crippen molar-refractivity contribution in [3.63, 3.8) is 0 Å². The average Bonchev–Trinajstić information content (AvgIpc) is 2.94. The van der Waals surface area contributed by atoms with Crippen LogP contribution in [0.2, 0.25) is 0 Å². The molecule has 0 unspecified atom stereocenters. The van der Waals surface area contributed by atoms with Crippen LogP contribution in [0.1, 0.15) is 5.56 Å². The number of hydrogen-bond acceptors (Lipinski definition) is 2. The number of anilines is 1. The molecule has 0 spiro atoms. The maximum absolute atomic E-state index is 4.77. The highest BCUT2D eigenvalue weighted by Gasteiger charge is 2.12. The van der Waals surface area contributed by atoms with Crippen LogP contribution in [0.3, 0.4) is 0 Å². The number of nitrogens with zero attached hydrogens (tertiary/aromatic N) is 3. The summed E-state index contributed by atoms with van der Waals surface area (Å²) < 4.78 is 2.12. The molecule has 0 bridgehead atoms. The first-order valence-electron chi connectivity index (χ1n) is 7.04. The van der Waals surface area contributed by atoms with Gasteiger partial charge in [0.2, 0.25) is 5.95 Å². The molecule has 3 nitrogen and oxygen atoms in total. The third kappa shape index (κ3) is 2.68. The molecule has 0 aliphatic carbocycles. The number of aromatic nitrogens is 2. The molecule has 0 aliphatic heterocycles. The van der Waals surface area contributed by atoms with Crippen LogP contribution in [0.15, 0.2) is 60.8 Å². The van der Waals surface area contributed by atoms with E-state index in [2.05, 4.69) is 54.1 Å². The van der Waals surface area contributed by atoms with E-state index in [0.29, 0.717) is 0 Å². The van der Waals surface area contributed by atoms with Crippen molar-refractivity contribution in [2.75, 3.05) is 19.0 Å². The lowest BCUT2D eigenvalue weighted by Crippen LogP contribution is -2.14. The molecular weight excluding hydrogens is 258 g/mol. The highest BCUT2D eigenvalue weighted by molar-refractivity contribution is 5.63. The number of aryl methyl sites for hydroxylation is 1. The fourth-order valence-corrected chi connectivity index (χ4v) is 2.33. The maximum Gasteiger partial charge on any atom is 0.210 e. The van der Waals surface area contributed by atoms with Gasteiger partial charge in [0.05, 0.1) is 5.69 Å². The van der Waals surface area contributed by atoms with E-state index in [4.69, 9.17) is 4.98 Å². The van der Waals surface area contributed by atoms with Gasteiger partial charge in [0.15, 0.2) is 0 Å². The number of imidazole rings is 1. The van der Waals surface area contributed by atoms with E-state index in [9.17, 15) is 0 Å². The second-order valence-electron chi connectivity index (χ2n) is 5.39. The standard InChI is InChI=1S/C18H19N3/c1-14-9-11-15(12-10-14)17-13-21(18(19-17)20(2)3)16-7-5-4-6-8-16/h4-13H,1-3H3. The first kappa shape index (κ1) is 13.4. The first-order valence-corrected chi connectivity index (χ1v) is 7.04. The lowest BCUT2D eigenvalue weighted by Gasteiger charge is -2.13. The van der Waals surface area contributed by atoms with Gasteiger partial charge in [-0.25, -0.2) is 4.98 Å². The molecule has 2 aromatic carbocycles. The molecule has 0 atom stereocenters. The summed E-state index contributed by atoms with van der Waals surface area (Å²) in [6.07, 6.45) is 2.09. The minimum atomic E-state index is 0.928. The topological polar surface area (TPSA) is 21.1 Å². The molecular formula is C18H19N3. The van der Waals surface area contributed by atoms with E-state index in [1.54, 1.807) is 0 Å². The Morgan fingerprint density at radius 2 is 1.57 bits per heavy atom. The van der Waals surface area contributed by atoms with Crippen molar-refractivity contribution in [1.82, 2.24) is 9.55 Å². The summed E-state index contributed by atoms with van der Waals surface area (Å²) in [5.41, 5.74) is 4.50. The molecule has 106 valence electrons. The molecule has 1 aromatic heterocycles. The Morgan fingerprint density at radius 1 is 0.905 bits per heavy atom. The van der Waals surface area contributed by atoms with Crippen LogP contribution >= 0.6 is 0 Å². The summed E-state index contributed by atoms with van der Waals surface area (Å²) in [6, 6.07) is 18.8. The van der Waals surface area contributed by atoms with Gasteiger partial charge in [0.1, 0.15) is 0 Å². The van der Waals surface area contributed by atoms with Crippen molar-refractivity contribution < 1.29 is 0 Å². The predicted octanol–water partition coefficient (Wildman–Crippen LogP) is 3.91. The van der Waals surface area contributed by atoms with Crippen LogP contribution in [-0.4, -0.2) is 23.6 Å². The van der Waals surface area contributed by atoms with Gasteiger partial charge in [-0.2, -0.15) is 0 Å². The van der Waals surface area contributed by atoms with E-state index in [-0.39, 0.29) is 0 Å². The molecule has 0 saturated heterocycles. The largest absolute Gasteiger partial charge is 0.348 e. The Balaban J connectivity index is 2.11. The predicted molar refractivity (Wildman–Crippen MR) is 88.1 cm³/mol. The molecule has 3 heteroatoms. The molecule has 0 N–H and O–H groups in total. The van der Waals surface area contributed by atoms with Crippen molar-refractivity contribution in [1.29, 1.82) is 0 Å². The molecule has 21 heavy (non-hydrogen) atoms. The summed E-state index contributed by atoms with van der Waals surface area (Å²) in [5.74, 6) is 0.928. The van der Waals surface area contributed by atoms with E-state index in [1.807, 2.05) is 37.2 Å². The second kappa shape index (κ2) is 5.44. The van der Waals surface area contributed by atoms with E-state index >= 15 is 0 Å². The molecule has 0 radical (unpaired) electrons. The average molecular weight is 277 g/mol. The lowest BCUT2D eigenvalue weighted by atomic mass is 10.1. The second-order valence-corrected chi connectivity index (χ2v) is 5.39. The third-order valence-electron chi connectivity index (χ3n) is 3.47. The van der Waals surface area contributed by atoms with Crippen LogP contribution in [0, 0.1) is 6.92 Å². The molecule has 3 rings (SSSR count). The molecule has 3 aromatic rings. The zero-order valence-electron chi connectivity index (χ0n) is 12.6. The van der Waals surface area contributed by atoms with E-state index in [1.165, 1.54) is 5.56 Å². The van der Waals surface area contributed by atoms with E-state index in [0.717, 1.165) is 22.9 Å². The van der Waals surface area contributed by atoms with Gasteiger partial charge in [-0.1, -0.05) is 48.0 Å². The van der Waals surface area contributed by atoms with Crippen LogP contribution in [0.5, 0.6) is 0 Å². The molecule has 0 aliphatic rings. The Bertz CT molecular complexity index is 725. The smallest absolute Gasteiger partial charge is 0.210 e. The van der Waals surface area contributed by atoms with Crippen molar-refractivity contribution in [2.45, 2.75) is 6.92 Å². The Kier molecular flexibility index (Phi) is 3.48. The van der Waals surface area contributed by atoms with E-state index < -0.39 is 0 Å². The highest BCUT2D eigenvalue weighted by atomic mass is 15.3. The van der Waals surface area contributed by atoms with Crippen LogP contribution in [0.25, 0.3) is 16.9 Å². The van der Waals surface area contributed by atoms with Crippen LogP contribution < -0.4 is 4.90 Å². The normalized spacial score (nSPS) is 10.6. The summed E-state index contributed by atoms with van der Waals surface area (Å²) >= 11 is 0. The zero-order valence-corrected chi connectivity index (χ0v) is 12.6. The first-order chi connectivity index (χ1) is 10.1. The number of rotatable bonds is 3. The third-order valence-corrected chi connectivity index (χ3v) is 3.47. The molecule has 0 saturated carbocycles. The monoisotopic (exact) mass is 277 g/mol. The minimum absolute atomic E-state index is 0.928. The van der Waals surface area contributed by atoms with Crippen molar-refractivity contribution in [3.8, 4) is 16.9 Å². The Morgan fingerprint density at radius 3 is 2.19 bits per heavy atom. The van der Waals surface area contributed by atoms with Crippen molar-refractivity contribution in [2.24, 2.45) is 0 Å². The number of para-hydroxylation sites is 1. The van der Waals surface area contributed by atoms with Crippen LogP contribution in [-0.2, 0) is 0 Å². The van der Waals surface area contributed by atoms with Gasteiger partial charge in [0, 0.05) is 31.5 Å². The van der Waals surface area contributed by atoms with Gasteiger partial charge in [-0.3, -0.25) is 4.57 Å². The van der Waals surface area contributed by atoms with Gasteiger partial charge >= 0.3 is 0 Å². The van der Waals surface area contributed by atoms with Gasteiger partial charge in [0.25, 0.3) is 0 Å². The lowest BCUT2D eigenvalue weighted by molar-refractivity contribution is 0.954. The van der Waals surface area contributed by atoms with Crippen molar-refractivity contribution >= 4 is 5.95 Å². The molecule has 1 heterocycles. The minimum Gasteiger partial charge on any atom is -0.348 e.